The highest BCUT2D eigenvalue weighted by molar-refractivity contribution is 6.34. The van der Waals surface area contributed by atoms with Crippen molar-refractivity contribution in [2.45, 2.75) is 0 Å². The van der Waals surface area contributed by atoms with Crippen molar-refractivity contribution < 1.29 is 4.42 Å². The van der Waals surface area contributed by atoms with Crippen LogP contribution in [0.5, 0.6) is 0 Å². The summed E-state index contributed by atoms with van der Waals surface area (Å²) in [4.78, 5) is 0. The first kappa shape index (κ1) is 26.6. The molecule has 0 aliphatic carbocycles. The van der Waals surface area contributed by atoms with E-state index in [0.29, 0.717) is 0 Å². The molecule has 0 fully saturated rings. The normalized spacial score (nSPS) is 12.1. The highest BCUT2D eigenvalue weighted by Gasteiger charge is 2.20. The van der Waals surface area contributed by atoms with Crippen molar-refractivity contribution in [3.63, 3.8) is 0 Å². The van der Waals surface area contributed by atoms with Crippen LogP contribution in [0.2, 0.25) is 0 Å². The molecule has 10 aromatic carbocycles. The number of hydrogen-bond donors (Lipinski definition) is 0. The van der Waals surface area contributed by atoms with Crippen LogP contribution in [-0.4, -0.2) is 0 Å². The summed E-state index contributed by atoms with van der Waals surface area (Å²) < 4.78 is 6.74. The van der Waals surface area contributed by atoms with Gasteiger partial charge in [0, 0.05) is 16.2 Å². The Morgan fingerprint density at radius 1 is 0.265 bits per heavy atom. The summed E-state index contributed by atoms with van der Waals surface area (Å²) in [5.41, 5.74) is 6.72. The second-order valence-corrected chi connectivity index (χ2v) is 13.2. The van der Waals surface area contributed by atoms with Gasteiger partial charge in [-0.05, 0) is 112 Å². The fourth-order valence-electron chi connectivity index (χ4n) is 8.51. The van der Waals surface area contributed by atoms with E-state index in [-0.39, 0.29) is 0 Å². The molecule has 0 spiro atoms. The molecular formula is C48H28O. The molecule has 11 rings (SSSR count). The number of benzene rings is 10. The molecule has 11 aromatic rings. The maximum absolute atomic E-state index is 6.74. The summed E-state index contributed by atoms with van der Waals surface area (Å²) in [5.74, 6) is 0. The van der Waals surface area contributed by atoms with Gasteiger partial charge in [-0.15, -0.1) is 0 Å². The first-order valence-corrected chi connectivity index (χ1v) is 16.9. The number of furan rings is 1. The molecule has 49 heavy (non-hydrogen) atoms. The molecule has 0 radical (unpaired) electrons. The molecule has 0 unspecified atom stereocenters. The van der Waals surface area contributed by atoms with Crippen LogP contribution in [0.4, 0.5) is 0 Å². The third-order valence-electron chi connectivity index (χ3n) is 10.6. The van der Waals surface area contributed by atoms with E-state index in [9.17, 15) is 0 Å². The Labute approximate surface area is 282 Å². The standard InChI is InChI=1S/C48H28O/c1-2-12-30-27-31(22-21-29(30)11-1)45-37-17-7-9-19-39(37)46(40-20-10-8-18-38(40)45)32-23-24-42-44(28-32)49-43-26-25-41-35-15-4-3-13-33(35)34-14-5-6-16-36(34)47(41)48(42)43/h1-28H. The monoisotopic (exact) mass is 620 g/mol. The zero-order valence-corrected chi connectivity index (χ0v) is 26.6. The second kappa shape index (κ2) is 10.0. The van der Waals surface area contributed by atoms with Crippen LogP contribution < -0.4 is 0 Å². The lowest BCUT2D eigenvalue weighted by atomic mass is 9.85. The molecule has 1 aromatic heterocycles. The van der Waals surface area contributed by atoms with Gasteiger partial charge in [-0.25, -0.2) is 0 Å². The topological polar surface area (TPSA) is 13.1 Å². The minimum atomic E-state index is 0.906. The Balaban J connectivity index is 1.21. The highest BCUT2D eigenvalue weighted by Crippen LogP contribution is 2.47. The maximum atomic E-state index is 6.74. The van der Waals surface area contributed by atoms with Gasteiger partial charge in [0.05, 0.1) is 0 Å². The van der Waals surface area contributed by atoms with Gasteiger partial charge >= 0.3 is 0 Å². The molecule has 0 aliphatic heterocycles. The number of hydrogen-bond acceptors (Lipinski definition) is 1. The summed E-state index contributed by atoms with van der Waals surface area (Å²) in [6.07, 6.45) is 0. The van der Waals surface area contributed by atoms with E-state index in [1.165, 1.54) is 86.7 Å². The van der Waals surface area contributed by atoms with Crippen LogP contribution in [-0.2, 0) is 0 Å². The smallest absolute Gasteiger partial charge is 0.136 e. The Kier molecular flexibility index (Phi) is 5.45. The summed E-state index contributed by atoms with van der Waals surface area (Å²) in [6, 6.07) is 62.0. The van der Waals surface area contributed by atoms with Crippen LogP contribution >= 0.6 is 0 Å². The van der Waals surface area contributed by atoms with Gasteiger partial charge in [-0.3, -0.25) is 0 Å². The van der Waals surface area contributed by atoms with Gasteiger partial charge in [0.25, 0.3) is 0 Å². The van der Waals surface area contributed by atoms with E-state index >= 15 is 0 Å². The molecule has 1 heteroatoms. The van der Waals surface area contributed by atoms with Crippen molar-refractivity contribution in [1.82, 2.24) is 0 Å². The molecule has 0 saturated carbocycles. The first-order valence-electron chi connectivity index (χ1n) is 16.9. The predicted octanol–water partition coefficient (Wildman–Crippen LogP) is 13.8. The van der Waals surface area contributed by atoms with Gasteiger partial charge in [-0.2, -0.15) is 0 Å². The summed E-state index contributed by atoms with van der Waals surface area (Å²) >= 11 is 0. The Bertz CT molecular complexity index is 3070. The van der Waals surface area contributed by atoms with Crippen molar-refractivity contribution in [1.29, 1.82) is 0 Å². The van der Waals surface area contributed by atoms with E-state index < -0.39 is 0 Å². The van der Waals surface area contributed by atoms with Gasteiger partial charge in [0.15, 0.2) is 0 Å². The van der Waals surface area contributed by atoms with Gasteiger partial charge in [-0.1, -0.05) is 140 Å². The quantitative estimate of drug-likeness (QED) is 0.138. The van der Waals surface area contributed by atoms with Crippen LogP contribution in [0.15, 0.2) is 174 Å². The molecule has 0 bridgehead atoms. The molecule has 0 saturated heterocycles. The lowest BCUT2D eigenvalue weighted by molar-refractivity contribution is 0.669. The third kappa shape index (κ3) is 3.76. The lowest BCUT2D eigenvalue weighted by Gasteiger charge is -2.18. The van der Waals surface area contributed by atoms with Crippen LogP contribution in [0.25, 0.3) is 109 Å². The minimum absolute atomic E-state index is 0.906. The SMILES string of the molecule is c1ccc2cc(-c3c4ccccc4c(-c4ccc5c(c4)oc4ccc6c7ccccc7c7ccccc7c6c45)c4ccccc34)ccc2c1. The van der Waals surface area contributed by atoms with Crippen molar-refractivity contribution in [3.8, 4) is 22.3 Å². The van der Waals surface area contributed by atoms with Gasteiger partial charge < -0.3 is 4.42 Å². The van der Waals surface area contributed by atoms with Gasteiger partial charge in [0.1, 0.15) is 11.2 Å². The number of rotatable bonds is 2. The lowest BCUT2D eigenvalue weighted by Crippen LogP contribution is -1.91. The molecule has 1 nitrogen and oxygen atoms in total. The fourth-order valence-corrected chi connectivity index (χ4v) is 8.51. The van der Waals surface area contributed by atoms with Crippen molar-refractivity contribution in [2.24, 2.45) is 0 Å². The van der Waals surface area contributed by atoms with E-state index in [1.54, 1.807) is 0 Å². The molecule has 0 N–H and O–H groups in total. The Morgan fingerprint density at radius 2 is 0.714 bits per heavy atom. The van der Waals surface area contributed by atoms with Crippen LogP contribution in [0.1, 0.15) is 0 Å². The zero-order chi connectivity index (χ0) is 32.1. The van der Waals surface area contributed by atoms with Crippen molar-refractivity contribution in [2.75, 3.05) is 0 Å². The Hall–Kier alpha value is -6.44. The summed E-state index contributed by atoms with van der Waals surface area (Å²) in [7, 11) is 0. The molecule has 0 amide bonds. The second-order valence-electron chi connectivity index (χ2n) is 13.2. The molecule has 0 aliphatic rings. The van der Waals surface area contributed by atoms with Crippen molar-refractivity contribution >= 4 is 86.6 Å². The fraction of sp³-hybridized carbons (Fsp3) is 0. The van der Waals surface area contributed by atoms with E-state index in [0.717, 1.165) is 22.1 Å². The van der Waals surface area contributed by atoms with Crippen LogP contribution in [0.3, 0.4) is 0 Å². The third-order valence-corrected chi connectivity index (χ3v) is 10.6. The molecule has 1 heterocycles. The van der Waals surface area contributed by atoms with E-state index in [2.05, 4.69) is 170 Å². The zero-order valence-electron chi connectivity index (χ0n) is 26.6. The average molecular weight is 621 g/mol. The molecule has 0 atom stereocenters. The Morgan fingerprint density at radius 3 is 1.35 bits per heavy atom. The first-order chi connectivity index (χ1) is 24.3. The van der Waals surface area contributed by atoms with E-state index in [4.69, 9.17) is 4.42 Å². The number of fused-ring (bicyclic) bond motifs is 13. The highest BCUT2D eigenvalue weighted by atomic mass is 16.3. The van der Waals surface area contributed by atoms with Crippen LogP contribution in [0, 0.1) is 0 Å². The van der Waals surface area contributed by atoms with Gasteiger partial charge in [0.2, 0.25) is 0 Å². The maximum Gasteiger partial charge on any atom is 0.136 e. The van der Waals surface area contributed by atoms with E-state index in [1.807, 2.05) is 0 Å². The average Bonchev–Trinajstić information content (AvgIpc) is 3.55. The minimum Gasteiger partial charge on any atom is -0.456 e. The summed E-state index contributed by atoms with van der Waals surface area (Å²) in [5, 5.41) is 17.4. The predicted molar refractivity (Wildman–Crippen MR) is 210 cm³/mol. The molecular weight excluding hydrogens is 593 g/mol. The largest absolute Gasteiger partial charge is 0.456 e. The van der Waals surface area contributed by atoms with Crippen molar-refractivity contribution in [3.05, 3.63) is 170 Å². The summed E-state index contributed by atoms with van der Waals surface area (Å²) in [6.45, 7) is 0. The molecule has 226 valence electrons.